The molecule has 0 heterocycles. The fourth-order valence-electron chi connectivity index (χ4n) is 1.90. The lowest BCUT2D eigenvalue weighted by Gasteiger charge is -2.20. The summed E-state index contributed by atoms with van der Waals surface area (Å²) >= 11 is 11.9. The minimum atomic E-state index is -1.67. The maximum Gasteiger partial charge on any atom is 0.240 e. The topological polar surface area (TPSA) is 9.23 Å². The molecule has 100 valence electrons. The van der Waals surface area contributed by atoms with Crippen LogP contribution in [0.2, 0.25) is 10.0 Å². The van der Waals surface area contributed by atoms with Gasteiger partial charge in [-0.15, -0.1) is 0 Å². The van der Waals surface area contributed by atoms with Crippen LogP contribution in [0.5, 0.6) is 0 Å². The van der Waals surface area contributed by atoms with E-state index in [4.69, 9.17) is 27.6 Å². The summed E-state index contributed by atoms with van der Waals surface area (Å²) in [7, 11) is -1.67. The Balaban J connectivity index is 2.35. The summed E-state index contributed by atoms with van der Waals surface area (Å²) in [5.74, 6) is 0. The number of hydrogen-bond acceptors (Lipinski definition) is 1. The van der Waals surface area contributed by atoms with Gasteiger partial charge >= 0.3 is 0 Å². The van der Waals surface area contributed by atoms with Crippen molar-refractivity contribution in [2.24, 2.45) is 0 Å². The molecule has 0 amide bonds. The monoisotopic (exact) mass is 310 g/mol. The van der Waals surface area contributed by atoms with Crippen molar-refractivity contribution in [1.82, 2.24) is 0 Å². The molecule has 0 atom stereocenters. The van der Waals surface area contributed by atoms with Gasteiger partial charge in [0.25, 0.3) is 0 Å². The van der Waals surface area contributed by atoms with Gasteiger partial charge in [-0.2, -0.15) is 0 Å². The second-order valence-corrected chi connectivity index (χ2v) is 7.91. The second-order valence-electron chi connectivity index (χ2n) is 4.67. The third-order valence-electron chi connectivity index (χ3n) is 2.75. The van der Waals surface area contributed by atoms with E-state index in [1.807, 2.05) is 24.3 Å². The predicted octanol–water partition coefficient (Wildman–Crippen LogP) is 3.26. The van der Waals surface area contributed by atoms with Gasteiger partial charge in [-0.1, -0.05) is 47.5 Å². The molecule has 0 bridgehead atoms. The standard InChI is InChI=1S/C15H16Cl2OSi/c1-11(2)18-19(14-7-3-12(16)4-8-14)15-9-5-13(17)6-10-15/h3-11,19H,1-2H3. The van der Waals surface area contributed by atoms with E-state index in [-0.39, 0.29) is 6.10 Å². The summed E-state index contributed by atoms with van der Waals surface area (Å²) < 4.78 is 6.15. The van der Waals surface area contributed by atoms with Crippen LogP contribution in [0.25, 0.3) is 0 Å². The van der Waals surface area contributed by atoms with Gasteiger partial charge < -0.3 is 4.43 Å². The third kappa shape index (κ3) is 4.08. The van der Waals surface area contributed by atoms with Gasteiger partial charge in [-0.25, -0.2) is 0 Å². The Labute approximate surface area is 125 Å². The molecule has 0 saturated heterocycles. The molecule has 2 rings (SSSR count). The largest absolute Gasteiger partial charge is 0.409 e. The highest BCUT2D eigenvalue weighted by atomic mass is 35.5. The van der Waals surface area contributed by atoms with Crippen LogP contribution in [-0.4, -0.2) is 15.1 Å². The van der Waals surface area contributed by atoms with Crippen LogP contribution < -0.4 is 10.4 Å². The molecule has 0 aliphatic rings. The van der Waals surface area contributed by atoms with E-state index in [1.54, 1.807) is 0 Å². The first-order valence-corrected chi connectivity index (χ1v) is 8.61. The normalized spacial score (nSPS) is 11.3. The van der Waals surface area contributed by atoms with Crippen LogP contribution in [0.15, 0.2) is 48.5 Å². The van der Waals surface area contributed by atoms with Crippen LogP contribution in [0.4, 0.5) is 0 Å². The van der Waals surface area contributed by atoms with Crippen LogP contribution in [0.1, 0.15) is 13.8 Å². The molecule has 2 aromatic carbocycles. The highest BCUT2D eigenvalue weighted by Gasteiger charge is 2.19. The Hall–Kier alpha value is -0.803. The van der Waals surface area contributed by atoms with Crippen molar-refractivity contribution in [3.05, 3.63) is 58.6 Å². The van der Waals surface area contributed by atoms with Crippen LogP contribution in [0.3, 0.4) is 0 Å². The molecule has 0 aliphatic carbocycles. The Bertz CT molecular complexity index is 477. The molecule has 0 aromatic heterocycles. The van der Waals surface area contributed by atoms with Crippen LogP contribution in [-0.2, 0) is 4.43 Å². The average Bonchev–Trinajstić information content (AvgIpc) is 2.38. The minimum Gasteiger partial charge on any atom is -0.409 e. The van der Waals surface area contributed by atoms with Crippen molar-refractivity contribution < 1.29 is 4.43 Å². The van der Waals surface area contributed by atoms with E-state index >= 15 is 0 Å². The van der Waals surface area contributed by atoms with Crippen molar-refractivity contribution in [2.45, 2.75) is 20.0 Å². The van der Waals surface area contributed by atoms with Gasteiger partial charge in [0.1, 0.15) is 0 Å². The molecule has 1 nitrogen and oxygen atoms in total. The number of halogens is 2. The van der Waals surface area contributed by atoms with E-state index in [1.165, 1.54) is 10.4 Å². The van der Waals surface area contributed by atoms with Crippen LogP contribution in [0, 0.1) is 0 Å². The van der Waals surface area contributed by atoms with Gasteiger partial charge in [0.2, 0.25) is 9.04 Å². The Morgan fingerprint density at radius 1 is 0.789 bits per heavy atom. The zero-order valence-corrected chi connectivity index (χ0v) is 13.6. The zero-order valence-electron chi connectivity index (χ0n) is 10.9. The van der Waals surface area contributed by atoms with Crippen molar-refractivity contribution in [3.63, 3.8) is 0 Å². The fraction of sp³-hybridized carbons (Fsp3) is 0.200. The SMILES string of the molecule is CC(C)O[SiH](c1ccc(Cl)cc1)c1ccc(Cl)cc1. The number of benzene rings is 2. The van der Waals surface area contributed by atoms with Crippen molar-refractivity contribution >= 4 is 42.6 Å². The molecule has 0 aliphatic heterocycles. The molecule has 4 heteroatoms. The maximum absolute atomic E-state index is 6.15. The van der Waals surface area contributed by atoms with E-state index < -0.39 is 9.04 Å². The fourth-order valence-corrected chi connectivity index (χ4v) is 4.48. The summed E-state index contributed by atoms with van der Waals surface area (Å²) in [6.07, 6.45) is 0.197. The lowest BCUT2D eigenvalue weighted by molar-refractivity contribution is 0.253. The average molecular weight is 311 g/mol. The highest BCUT2D eigenvalue weighted by Crippen LogP contribution is 2.08. The molecule has 0 unspecified atom stereocenters. The van der Waals surface area contributed by atoms with E-state index in [0.29, 0.717) is 0 Å². The molecule has 0 spiro atoms. The Kier molecular flexibility index (Phi) is 5.05. The predicted molar refractivity (Wildman–Crippen MR) is 85.5 cm³/mol. The molecule has 0 N–H and O–H groups in total. The van der Waals surface area contributed by atoms with Crippen molar-refractivity contribution in [3.8, 4) is 0 Å². The van der Waals surface area contributed by atoms with E-state index in [2.05, 4.69) is 38.1 Å². The zero-order chi connectivity index (χ0) is 13.8. The molecular weight excluding hydrogens is 295 g/mol. The lowest BCUT2D eigenvalue weighted by Crippen LogP contribution is -2.46. The van der Waals surface area contributed by atoms with E-state index in [9.17, 15) is 0 Å². The first kappa shape index (κ1) is 14.6. The second kappa shape index (κ2) is 6.57. The van der Waals surface area contributed by atoms with Gasteiger partial charge in [-0.05, 0) is 48.5 Å². The van der Waals surface area contributed by atoms with Gasteiger partial charge in [0.15, 0.2) is 0 Å². The molecule has 0 fully saturated rings. The lowest BCUT2D eigenvalue weighted by atomic mass is 10.4. The molecule has 2 aromatic rings. The van der Waals surface area contributed by atoms with Gasteiger partial charge in [0, 0.05) is 16.1 Å². The third-order valence-corrected chi connectivity index (χ3v) is 6.06. The quantitative estimate of drug-likeness (QED) is 0.788. The molecular formula is C15H16Cl2OSi. The minimum absolute atomic E-state index is 0.197. The Morgan fingerprint density at radius 3 is 1.47 bits per heavy atom. The maximum atomic E-state index is 6.15. The van der Waals surface area contributed by atoms with Crippen LogP contribution >= 0.6 is 23.2 Å². The number of rotatable bonds is 4. The summed E-state index contributed by atoms with van der Waals surface area (Å²) in [5.41, 5.74) is 0. The first-order chi connectivity index (χ1) is 9.06. The first-order valence-electron chi connectivity index (χ1n) is 6.22. The number of hydrogen-bond donors (Lipinski definition) is 0. The van der Waals surface area contributed by atoms with E-state index in [0.717, 1.165) is 10.0 Å². The molecule has 0 radical (unpaired) electrons. The van der Waals surface area contributed by atoms with Gasteiger partial charge in [-0.3, -0.25) is 0 Å². The molecule has 0 saturated carbocycles. The summed E-state index contributed by atoms with van der Waals surface area (Å²) in [4.78, 5) is 0. The van der Waals surface area contributed by atoms with Gasteiger partial charge in [0.05, 0.1) is 0 Å². The van der Waals surface area contributed by atoms with Crippen molar-refractivity contribution in [1.29, 1.82) is 0 Å². The Morgan fingerprint density at radius 2 is 1.16 bits per heavy atom. The summed E-state index contributed by atoms with van der Waals surface area (Å²) in [5, 5.41) is 3.94. The smallest absolute Gasteiger partial charge is 0.240 e. The summed E-state index contributed by atoms with van der Waals surface area (Å²) in [6.45, 7) is 4.12. The summed E-state index contributed by atoms with van der Waals surface area (Å²) in [6, 6.07) is 15.9. The highest BCUT2D eigenvalue weighted by molar-refractivity contribution is 6.80. The van der Waals surface area contributed by atoms with Crippen molar-refractivity contribution in [2.75, 3.05) is 0 Å². The molecule has 19 heavy (non-hydrogen) atoms.